The summed E-state index contributed by atoms with van der Waals surface area (Å²) < 4.78 is 7.88. The molecule has 0 amide bonds. The lowest BCUT2D eigenvalue weighted by Gasteiger charge is -2.01. The minimum atomic E-state index is 0.733. The zero-order chi connectivity index (χ0) is 9.10. The Morgan fingerprint density at radius 3 is 2.62 bits per heavy atom. The molecule has 0 spiro atoms. The van der Waals surface area contributed by atoms with Gasteiger partial charge in [0.15, 0.2) is 0 Å². The fraction of sp³-hybridized carbons (Fsp3) is 0.250. The van der Waals surface area contributed by atoms with Gasteiger partial charge in [-0.3, -0.25) is 0 Å². The van der Waals surface area contributed by atoms with Crippen molar-refractivity contribution in [3.63, 3.8) is 0 Å². The molecule has 0 saturated carbocycles. The molecule has 0 aromatic carbocycles. The number of hydrogen-bond donors (Lipinski definition) is 0. The van der Waals surface area contributed by atoms with Gasteiger partial charge in [0.1, 0.15) is 0 Å². The molecule has 13 heavy (non-hydrogen) atoms. The van der Waals surface area contributed by atoms with Crippen LogP contribution in [0.1, 0.15) is 0 Å². The number of thioether (sulfide) groups is 4. The Morgan fingerprint density at radius 1 is 1.15 bits per heavy atom. The highest BCUT2D eigenvalue weighted by Gasteiger charge is 2.17. The van der Waals surface area contributed by atoms with Crippen molar-refractivity contribution in [2.75, 3.05) is 13.7 Å². The van der Waals surface area contributed by atoms with E-state index in [9.17, 15) is 0 Å². The molecule has 0 aromatic heterocycles. The van der Waals surface area contributed by atoms with Gasteiger partial charge in [0.25, 0.3) is 0 Å². The molecule has 0 fully saturated rings. The monoisotopic (exact) mass is 248 g/mol. The molecule has 0 aliphatic carbocycles. The van der Waals surface area contributed by atoms with Gasteiger partial charge in [-0.15, -0.1) is 0 Å². The van der Waals surface area contributed by atoms with Crippen molar-refractivity contribution in [2.24, 2.45) is 0 Å². The molecule has 0 unspecified atom stereocenters. The van der Waals surface area contributed by atoms with E-state index < -0.39 is 0 Å². The third-order valence-corrected chi connectivity index (χ3v) is 6.42. The van der Waals surface area contributed by atoms with Gasteiger partial charge in [0.05, 0.1) is 15.1 Å². The van der Waals surface area contributed by atoms with Gasteiger partial charge in [-0.05, 0) is 16.2 Å². The van der Waals surface area contributed by atoms with Crippen LogP contribution in [0.5, 0.6) is 0 Å². The maximum atomic E-state index is 5.08. The van der Waals surface area contributed by atoms with Crippen LogP contribution in [0.25, 0.3) is 0 Å². The predicted molar refractivity (Wildman–Crippen MR) is 66.5 cm³/mol. The minimum absolute atomic E-state index is 0.733. The first-order valence-corrected chi connectivity index (χ1v) is 7.11. The maximum Gasteiger partial charge on any atom is 0.0780 e. The minimum Gasteiger partial charge on any atom is -0.379 e. The van der Waals surface area contributed by atoms with Gasteiger partial charge in [-0.1, -0.05) is 47.0 Å². The zero-order valence-corrected chi connectivity index (χ0v) is 10.2. The molecule has 0 atom stereocenters. The van der Waals surface area contributed by atoms with Gasteiger partial charge in [0.2, 0.25) is 0 Å². The molecule has 2 aliphatic rings. The van der Waals surface area contributed by atoms with Crippen molar-refractivity contribution < 1.29 is 4.74 Å². The van der Waals surface area contributed by atoms with E-state index in [2.05, 4.69) is 16.2 Å². The van der Waals surface area contributed by atoms with E-state index in [1.54, 1.807) is 42.4 Å². The average Bonchev–Trinajstić information content (AvgIpc) is 2.70. The summed E-state index contributed by atoms with van der Waals surface area (Å²) in [6, 6.07) is 0. The van der Waals surface area contributed by atoms with E-state index in [4.69, 9.17) is 4.74 Å². The van der Waals surface area contributed by atoms with Gasteiger partial charge < -0.3 is 4.74 Å². The number of ether oxygens (including phenoxy) is 1. The summed E-state index contributed by atoms with van der Waals surface area (Å²) in [6.45, 7) is 0.733. The molecule has 0 N–H and O–H groups in total. The average molecular weight is 248 g/mol. The predicted octanol–water partition coefficient (Wildman–Crippen LogP) is 4.03. The summed E-state index contributed by atoms with van der Waals surface area (Å²) in [6.07, 6.45) is 0. The Balaban J connectivity index is 1.97. The second-order valence-corrected chi connectivity index (χ2v) is 6.69. The Bertz CT molecular complexity index is 283. The second kappa shape index (κ2) is 4.89. The zero-order valence-electron chi connectivity index (χ0n) is 6.98. The van der Waals surface area contributed by atoms with Gasteiger partial charge in [0, 0.05) is 12.0 Å². The van der Waals surface area contributed by atoms with Crippen LogP contribution < -0.4 is 0 Å². The van der Waals surface area contributed by atoms with Gasteiger partial charge >= 0.3 is 0 Å². The third kappa shape index (κ3) is 2.53. The number of hydrogen-bond acceptors (Lipinski definition) is 5. The standard InChI is InChI=1S/C8H8OS4/c1-9-4-6-5-12-8(13-6)7-10-2-3-11-7/h2-3,5H,4H2,1H3. The first-order valence-electron chi connectivity index (χ1n) is 3.65. The van der Waals surface area contributed by atoms with Crippen LogP contribution >= 0.6 is 47.0 Å². The molecule has 70 valence electrons. The number of rotatable bonds is 2. The fourth-order valence-electron chi connectivity index (χ4n) is 0.885. The first-order chi connectivity index (χ1) is 6.40. The topological polar surface area (TPSA) is 9.23 Å². The van der Waals surface area contributed by atoms with Crippen molar-refractivity contribution in [1.29, 1.82) is 0 Å². The lowest BCUT2D eigenvalue weighted by atomic mass is 10.7. The van der Waals surface area contributed by atoms with Crippen LogP contribution in [0.2, 0.25) is 0 Å². The lowest BCUT2D eigenvalue weighted by molar-refractivity contribution is 0.232. The molecule has 0 saturated heterocycles. The second-order valence-electron chi connectivity index (χ2n) is 2.32. The molecule has 0 radical (unpaired) electrons. The first kappa shape index (κ1) is 10.1. The SMILES string of the molecule is COCC1=CSC(=C2SC=CS2)S1. The molecule has 1 nitrogen and oxygen atoms in total. The van der Waals surface area contributed by atoms with Crippen molar-refractivity contribution >= 4 is 47.0 Å². The van der Waals surface area contributed by atoms with Crippen LogP contribution in [0.4, 0.5) is 0 Å². The molecule has 0 aromatic rings. The van der Waals surface area contributed by atoms with Crippen molar-refractivity contribution in [3.05, 3.63) is 29.6 Å². The molecule has 2 heterocycles. The molecule has 2 rings (SSSR count). The van der Waals surface area contributed by atoms with Crippen molar-refractivity contribution in [2.45, 2.75) is 0 Å². The fourth-order valence-corrected chi connectivity index (χ4v) is 5.34. The molecule has 0 bridgehead atoms. The smallest absolute Gasteiger partial charge is 0.0780 e. The third-order valence-electron chi connectivity index (χ3n) is 1.38. The summed E-state index contributed by atoms with van der Waals surface area (Å²) in [5.41, 5.74) is 0. The van der Waals surface area contributed by atoms with Crippen LogP contribution in [0.15, 0.2) is 29.6 Å². The highest BCUT2D eigenvalue weighted by atomic mass is 32.2. The summed E-state index contributed by atoms with van der Waals surface area (Å²) in [5.74, 6) is 0. The van der Waals surface area contributed by atoms with Crippen LogP contribution in [0, 0.1) is 0 Å². The van der Waals surface area contributed by atoms with Crippen LogP contribution in [-0.4, -0.2) is 13.7 Å². The van der Waals surface area contributed by atoms with Crippen LogP contribution in [0.3, 0.4) is 0 Å². The Kier molecular flexibility index (Phi) is 3.80. The largest absolute Gasteiger partial charge is 0.379 e. The lowest BCUT2D eigenvalue weighted by Crippen LogP contribution is -1.86. The van der Waals surface area contributed by atoms with E-state index in [1.165, 1.54) is 13.4 Å². The summed E-state index contributed by atoms with van der Waals surface area (Å²) in [4.78, 5) is 1.31. The molecular formula is C8H8OS4. The van der Waals surface area contributed by atoms with Crippen molar-refractivity contribution in [3.8, 4) is 0 Å². The quantitative estimate of drug-likeness (QED) is 0.727. The summed E-state index contributed by atoms with van der Waals surface area (Å²) in [7, 11) is 1.73. The van der Waals surface area contributed by atoms with E-state index in [0.717, 1.165) is 6.61 Å². The van der Waals surface area contributed by atoms with E-state index in [0.29, 0.717) is 0 Å². The van der Waals surface area contributed by atoms with E-state index >= 15 is 0 Å². The normalized spacial score (nSPS) is 21.5. The van der Waals surface area contributed by atoms with Crippen LogP contribution in [-0.2, 0) is 4.74 Å². The van der Waals surface area contributed by atoms with E-state index in [1.807, 2.05) is 11.8 Å². The van der Waals surface area contributed by atoms with Crippen molar-refractivity contribution in [1.82, 2.24) is 0 Å². The highest BCUT2D eigenvalue weighted by Crippen LogP contribution is 2.52. The molecular weight excluding hydrogens is 240 g/mol. The molecule has 2 aliphatic heterocycles. The maximum absolute atomic E-state index is 5.08. The summed E-state index contributed by atoms with van der Waals surface area (Å²) >= 11 is 7.25. The Labute approximate surface area is 94.8 Å². The highest BCUT2D eigenvalue weighted by molar-refractivity contribution is 8.33. The summed E-state index contributed by atoms with van der Waals surface area (Å²) in [5, 5.41) is 6.43. The van der Waals surface area contributed by atoms with Gasteiger partial charge in [-0.2, -0.15) is 0 Å². The Morgan fingerprint density at radius 2 is 1.92 bits per heavy atom. The number of methoxy groups -OCH3 is 1. The van der Waals surface area contributed by atoms with E-state index in [-0.39, 0.29) is 0 Å². The Hall–Kier alpha value is 0.580. The van der Waals surface area contributed by atoms with Gasteiger partial charge in [-0.25, -0.2) is 0 Å². The molecule has 5 heteroatoms.